The minimum Gasteiger partial charge on any atom is -0.350 e. The molecule has 0 spiro atoms. The number of sulfonamides is 1. The Labute approximate surface area is 164 Å². The zero-order valence-corrected chi connectivity index (χ0v) is 16.7. The van der Waals surface area contributed by atoms with Crippen LogP contribution in [0.4, 0.5) is 0 Å². The molecular weight excluding hydrogens is 388 g/mol. The number of hydrogen-bond donors (Lipinski definition) is 1. The summed E-state index contributed by atoms with van der Waals surface area (Å²) in [5.74, 6) is -0.298. The van der Waals surface area contributed by atoms with Crippen LogP contribution >= 0.6 is 11.6 Å². The smallest absolute Gasteiger partial charge is 0.243 e. The lowest BCUT2D eigenvalue weighted by atomic mass is 9.97. The molecule has 1 N–H and O–H groups in total. The van der Waals surface area contributed by atoms with E-state index in [2.05, 4.69) is 10.4 Å². The van der Waals surface area contributed by atoms with E-state index in [0.717, 1.165) is 0 Å². The van der Waals surface area contributed by atoms with Gasteiger partial charge in [-0.25, -0.2) is 8.42 Å². The second-order valence-corrected chi connectivity index (χ2v) is 8.83. The highest BCUT2D eigenvalue weighted by molar-refractivity contribution is 7.89. The van der Waals surface area contributed by atoms with E-state index in [-0.39, 0.29) is 23.3 Å². The number of amides is 1. The lowest BCUT2D eigenvalue weighted by molar-refractivity contribution is -0.126. The fourth-order valence-electron chi connectivity index (χ4n) is 3.13. The van der Waals surface area contributed by atoms with Gasteiger partial charge in [0.1, 0.15) is 5.69 Å². The molecule has 1 fully saturated rings. The zero-order valence-electron chi connectivity index (χ0n) is 15.1. The first-order valence-electron chi connectivity index (χ1n) is 8.96. The Bertz CT molecular complexity index is 891. The number of carbonyl (C=O) groups excluding carboxylic acids is 1. The Morgan fingerprint density at radius 3 is 2.52 bits per heavy atom. The van der Waals surface area contributed by atoms with Crippen LogP contribution in [-0.2, 0) is 27.9 Å². The maximum atomic E-state index is 12.6. The second kappa shape index (κ2) is 8.41. The molecule has 9 heteroatoms. The summed E-state index contributed by atoms with van der Waals surface area (Å²) < 4.78 is 28.5. The fourth-order valence-corrected chi connectivity index (χ4v) is 4.84. The van der Waals surface area contributed by atoms with Gasteiger partial charge in [-0.2, -0.15) is 9.40 Å². The van der Waals surface area contributed by atoms with E-state index >= 15 is 0 Å². The standard InChI is InChI=1S/C18H23ClN4O3S/c1-2-22-13-16(19)17(21-22)12-20-18(24)14-8-10-23(11-9-14)27(25,26)15-6-4-3-5-7-15/h3-7,13-14H,2,8-12H2,1H3,(H,20,24). The van der Waals surface area contributed by atoms with Gasteiger partial charge in [0, 0.05) is 31.7 Å². The summed E-state index contributed by atoms with van der Waals surface area (Å²) in [5.41, 5.74) is 0.635. The van der Waals surface area contributed by atoms with E-state index in [9.17, 15) is 13.2 Å². The number of carbonyl (C=O) groups is 1. The lowest BCUT2D eigenvalue weighted by Gasteiger charge is -2.30. The van der Waals surface area contributed by atoms with E-state index < -0.39 is 10.0 Å². The SMILES string of the molecule is CCn1cc(Cl)c(CNC(=O)C2CCN(S(=O)(=O)c3ccccc3)CC2)n1. The highest BCUT2D eigenvalue weighted by Gasteiger charge is 2.32. The van der Waals surface area contributed by atoms with Gasteiger partial charge < -0.3 is 5.32 Å². The molecule has 1 aliphatic heterocycles. The average molecular weight is 411 g/mol. The molecular formula is C18H23ClN4O3S. The summed E-state index contributed by atoms with van der Waals surface area (Å²) in [4.78, 5) is 12.7. The maximum absolute atomic E-state index is 12.6. The molecule has 2 aromatic rings. The molecule has 0 bridgehead atoms. The quantitative estimate of drug-likeness (QED) is 0.791. The van der Waals surface area contributed by atoms with Gasteiger partial charge in [-0.05, 0) is 31.9 Å². The largest absolute Gasteiger partial charge is 0.350 e. The molecule has 27 heavy (non-hydrogen) atoms. The molecule has 0 atom stereocenters. The molecule has 2 heterocycles. The van der Waals surface area contributed by atoms with E-state index in [1.54, 1.807) is 41.2 Å². The molecule has 1 aromatic carbocycles. The van der Waals surface area contributed by atoms with E-state index in [1.165, 1.54) is 4.31 Å². The van der Waals surface area contributed by atoms with Gasteiger partial charge in [-0.15, -0.1) is 0 Å². The molecule has 1 amide bonds. The molecule has 0 saturated carbocycles. The van der Waals surface area contributed by atoms with Crippen molar-refractivity contribution in [1.29, 1.82) is 0 Å². The van der Waals surface area contributed by atoms with Crippen LogP contribution in [0.1, 0.15) is 25.5 Å². The highest BCUT2D eigenvalue weighted by Crippen LogP contribution is 2.24. The van der Waals surface area contributed by atoms with Gasteiger partial charge >= 0.3 is 0 Å². The predicted molar refractivity (Wildman–Crippen MR) is 103 cm³/mol. The van der Waals surface area contributed by atoms with Crippen LogP contribution in [0.3, 0.4) is 0 Å². The first-order chi connectivity index (χ1) is 12.9. The lowest BCUT2D eigenvalue weighted by Crippen LogP contribution is -2.42. The number of benzene rings is 1. The Morgan fingerprint density at radius 1 is 1.26 bits per heavy atom. The van der Waals surface area contributed by atoms with Crippen molar-refractivity contribution < 1.29 is 13.2 Å². The number of nitrogens with zero attached hydrogens (tertiary/aromatic N) is 3. The first-order valence-corrected chi connectivity index (χ1v) is 10.8. The number of halogens is 1. The van der Waals surface area contributed by atoms with Gasteiger partial charge in [0.25, 0.3) is 0 Å². The normalized spacial score (nSPS) is 16.4. The minimum absolute atomic E-state index is 0.0890. The van der Waals surface area contributed by atoms with Crippen molar-refractivity contribution in [2.45, 2.75) is 37.8 Å². The van der Waals surface area contributed by atoms with Crippen molar-refractivity contribution in [3.8, 4) is 0 Å². The zero-order chi connectivity index (χ0) is 19.4. The topological polar surface area (TPSA) is 84.3 Å². The maximum Gasteiger partial charge on any atom is 0.243 e. The Hall–Kier alpha value is -1.90. The van der Waals surface area contributed by atoms with E-state index in [4.69, 9.17) is 11.6 Å². The Kier molecular flexibility index (Phi) is 6.18. The molecule has 0 aliphatic carbocycles. The molecule has 0 unspecified atom stereocenters. The van der Waals surface area contributed by atoms with Gasteiger partial charge in [-0.1, -0.05) is 29.8 Å². The molecule has 3 rings (SSSR count). The molecule has 146 valence electrons. The van der Waals surface area contributed by atoms with Crippen molar-refractivity contribution in [2.75, 3.05) is 13.1 Å². The number of nitrogens with one attached hydrogen (secondary N) is 1. The van der Waals surface area contributed by atoms with Crippen LogP contribution in [0.15, 0.2) is 41.4 Å². The number of aromatic nitrogens is 2. The minimum atomic E-state index is -3.50. The van der Waals surface area contributed by atoms with Crippen LogP contribution < -0.4 is 5.32 Å². The highest BCUT2D eigenvalue weighted by atomic mass is 35.5. The van der Waals surface area contributed by atoms with Crippen LogP contribution in [0, 0.1) is 5.92 Å². The van der Waals surface area contributed by atoms with Gasteiger partial charge in [-0.3, -0.25) is 9.48 Å². The van der Waals surface area contributed by atoms with Crippen LogP contribution in [0.5, 0.6) is 0 Å². The third kappa shape index (κ3) is 4.51. The molecule has 0 radical (unpaired) electrons. The summed E-state index contributed by atoms with van der Waals surface area (Å²) in [6.07, 6.45) is 2.72. The van der Waals surface area contributed by atoms with Crippen molar-refractivity contribution in [3.05, 3.63) is 47.2 Å². The van der Waals surface area contributed by atoms with Gasteiger partial charge in [0.2, 0.25) is 15.9 Å². The van der Waals surface area contributed by atoms with Crippen molar-refractivity contribution in [2.24, 2.45) is 5.92 Å². The van der Waals surface area contributed by atoms with Crippen molar-refractivity contribution in [1.82, 2.24) is 19.4 Å². The second-order valence-electron chi connectivity index (χ2n) is 6.49. The van der Waals surface area contributed by atoms with E-state index in [1.807, 2.05) is 6.92 Å². The number of rotatable bonds is 6. The summed E-state index contributed by atoms with van der Waals surface area (Å²) in [5, 5.41) is 7.70. The average Bonchev–Trinajstić information content (AvgIpc) is 3.06. The third-order valence-electron chi connectivity index (χ3n) is 4.75. The fraction of sp³-hybridized carbons (Fsp3) is 0.444. The predicted octanol–water partition coefficient (Wildman–Crippen LogP) is 2.27. The molecule has 7 nitrogen and oxygen atoms in total. The third-order valence-corrected chi connectivity index (χ3v) is 6.98. The molecule has 1 aliphatic rings. The Balaban J connectivity index is 1.54. The van der Waals surface area contributed by atoms with Crippen molar-refractivity contribution >= 4 is 27.5 Å². The van der Waals surface area contributed by atoms with Crippen LogP contribution in [0.25, 0.3) is 0 Å². The number of piperidine rings is 1. The van der Waals surface area contributed by atoms with E-state index in [0.29, 0.717) is 43.2 Å². The van der Waals surface area contributed by atoms with Gasteiger partial charge in [0.05, 0.1) is 16.5 Å². The monoisotopic (exact) mass is 410 g/mol. The van der Waals surface area contributed by atoms with Crippen molar-refractivity contribution in [3.63, 3.8) is 0 Å². The van der Waals surface area contributed by atoms with Gasteiger partial charge in [0.15, 0.2) is 0 Å². The summed E-state index contributed by atoms with van der Waals surface area (Å²) in [6, 6.07) is 8.38. The number of hydrogen-bond acceptors (Lipinski definition) is 4. The summed E-state index contributed by atoms with van der Waals surface area (Å²) in [6.45, 7) is 3.61. The molecule has 1 saturated heterocycles. The summed E-state index contributed by atoms with van der Waals surface area (Å²) in [7, 11) is -3.50. The van der Waals surface area contributed by atoms with Crippen LogP contribution in [-0.4, -0.2) is 41.5 Å². The first kappa shape index (κ1) is 19.9. The van der Waals surface area contributed by atoms with Crippen LogP contribution in [0.2, 0.25) is 5.02 Å². The molecule has 1 aromatic heterocycles. The Morgan fingerprint density at radius 2 is 1.93 bits per heavy atom. The number of aryl methyl sites for hydroxylation is 1. The summed E-state index contributed by atoms with van der Waals surface area (Å²) >= 11 is 6.11.